The van der Waals surface area contributed by atoms with Crippen molar-refractivity contribution in [2.24, 2.45) is 45.3 Å². The third-order valence-electron chi connectivity index (χ3n) is 13.4. The number of rotatable bonds is 3. The Morgan fingerprint density at radius 1 is 1.05 bits per heavy atom. The molecule has 232 valence electrons. The minimum atomic E-state index is -2.35. The maximum atomic E-state index is 17.5. The molecule has 2 N–H and O–H groups in total. The van der Waals surface area contributed by atoms with Crippen LogP contribution in [0.5, 0.6) is 0 Å². The number of halogens is 2. The van der Waals surface area contributed by atoms with Gasteiger partial charge >= 0.3 is 12.1 Å². The number of allylic oxidation sites excluding steroid dienone is 4. The van der Waals surface area contributed by atoms with Gasteiger partial charge in [0.1, 0.15) is 12.3 Å². The van der Waals surface area contributed by atoms with Gasteiger partial charge in [-0.1, -0.05) is 40.7 Å². The molecule has 0 aromatic heterocycles. The number of fused-ring (bicyclic) bond motifs is 6. The summed E-state index contributed by atoms with van der Waals surface area (Å²) < 4.78 is 45.3. The van der Waals surface area contributed by atoms with E-state index < -0.39 is 76.1 Å². The molecule has 5 saturated carbocycles. The van der Waals surface area contributed by atoms with Crippen LogP contribution in [0.25, 0.3) is 0 Å². The highest BCUT2D eigenvalue weighted by atomic mass is 19.1. The number of aliphatic hydroxyl groups excluding tert-OH is 1. The Kier molecular flexibility index (Phi) is 6.30. The van der Waals surface area contributed by atoms with Gasteiger partial charge in [0.2, 0.25) is 5.60 Å². The van der Waals surface area contributed by atoms with Crippen LogP contribution in [0.4, 0.5) is 13.6 Å². The molecule has 6 rings (SSSR count). The van der Waals surface area contributed by atoms with Crippen molar-refractivity contribution in [3.63, 3.8) is 0 Å². The second-order valence-electron chi connectivity index (χ2n) is 15.7. The highest BCUT2D eigenvalue weighted by molar-refractivity contribution is 6.01. The number of carbonyl (C=O) groups excluding carboxylic acids is 2. The zero-order chi connectivity index (χ0) is 30.8. The number of carbonyl (C=O) groups is 3. The van der Waals surface area contributed by atoms with Gasteiger partial charge in [0.25, 0.3) is 0 Å². The van der Waals surface area contributed by atoms with Crippen LogP contribution in [-0.2, 0) is 19.1 Å². The Labute approximate surface area is 246 Å². The van der Waals surface area contributed by atoms with Gasteiger partial charge in [-0.2, -0.15) is 0 Å². The van der Waals surface area contributed by atoms with Gasteiger partial charge in [-0.25, -0.2) is 18.4 Å². The number of hydrogen-bond donors (Lipinski definition) is 2. The average Bonchev–Trinajstić information content (AvgIpc) is 3.10. The number of ketones is 1. The molecule has 0 aromatic rings. The molecule has 0 heterocycles. The fourth-order valence-electron chi connectivity index (χ4n) is 11.0. The van der Waals surface area contributed by atoms with Gasteiger partial charge in [-0.05, 0) is 81.4 Å². The number of alkyl halides is 2. The fourth-order valence-corrected chi connectivity index (χ4v) is 11.0. The molecule has 7 nitrogen and oxygen atoms in total. The van der Waals surface area contributed by atoms with Gasteiger partial charge in [0.15, 0.2) is 11.5 Å². The van der Waals surface area contributed by atoms with Crippen LogP contribution in [0.2, 0.25) is 0 Å². The molecule has 1 unspecified atom stereocenters. The number of aliphatic carboxylic acids is 1. The largest absolute Gasteiger partial charge is 0.509 e. The fraction of sp³-hybridized carbons (Fsp3) is 0.788. The van der Waals surface area contributed by atoms with E-state index >= 15 is 8.78 Å². The van der Waals surface area contributed by atoms with E-state index in [4.69, 9.17) is 9.47 Å². The lowest BCUT2D eigenvalue weighted by molar-refractivity contribution is -0.237. The molecule has 5 fully saturated rings. The first-order valence-corrected chi connectivity index (χ1v) is 15.5. The second-order valence-corrected chi connectivity index (χ2v) is 15.7. The van der Waals surface area contributed by atoms with Gasteiger partial charge in [0.05, 0.1) is 6.10 Å². The summed E-state index contributed by atoms with van der Waals surface area (Å²) in [5.41, 5.74) is -7.99. The lowest BCUT2D eigenvalue weighted by Gasteiger charge is -2.63. The summed E-state index contributed by atoms with van der Waals surface area (Å²) >= 11 is 0. The molecule has 0 aliphatic heterocycles. The van der Waals surface area contributed by atoms with E-state index in [1.54, 1.807) is 13.8 Å². The van der Waals surface area contributed by atoms with Crippen molar-refractivity contribution in [2.45, 2.75) is 116 Å². The highest BCUT2D eigenvalue weighted by Gasteiger charge is 2.79. The predicted octanol–water partition coefficient (Wildman–Crippen LogP) is 6.13. The van der Waals surface area contributed by atoms with E-state index in [1.807, 2.05) is 0 Å². The first kappa shape index (κ1) is 29.8. The van der Waals surface area contributed by atoms with Gasteiger partial charge in [0, 0.05) is 33.5 Å². The van der Waals surface area contributed by atoms with Gasteiger partial charge in [-0.3, -0.25) is 4.79 Å². The van der Waals surface area contributed by atoms with Crippen molar-refractivity contribution < 1.29 is 42.9 Å². The van der Waals surface area contributed by atoms with Crippen LogP contribution in [-0.4, -0.2) is 57.8 Å². The van der Waals surface area contributed by atoms with Crippen LogP contribution < -0.4 is 0 Å². The summed E-state index contributed by atoms with van der Waals surface area (Å²) in [6.07, 6.45) is 2.27. The smallest absolute Gasteiger partial charge is 0.478 e. The summed E-state index contributed by atoms with van der Waals surface area (Å²) in [5.74, 6) is -3.93. The molecule has 6 aliphatic carbocycles. The Bertz CT molecular complexity index is 1290. The maximum Gasteiger partial charge on any atom is 0.509 e. The van der Waals surface area contributed by atoms with Crippen LogP contribution in [0.15, 0.2) is 23.8 Å². The molecule has 0 bridgehead atoms. The molecule has 12 atom stereocenters. The Hall–Kier alpha value is -2.29. The number of aliphatic hydroxyl groups is 1. The van der Waals surface area contributed by atoms with Crippen LogP contribution >= 0.6 is 0 Å². The molecule has 0 amide bonds. The first-order valence-electron chi connectivity index (χ1n) is 15.5. The monoisotopic (exact) mass is 590 g/mol. The highest BCUT2D eigenvalue weighted by Crippen LogP contribution is 2.72. The zero-order valence-corrected chi connectivity index (χ0v) is 25.4. The molecule has 9 heteroatoms. The van der Waals surface area contributed by atoms with Crippen molar-refractivity contribution >= 4 is 17.9 Å². The van der Waals surface area contributed by atoms with E-state index in [0.29, 0.717) is 5.92 Å². The molecular formula is C33H44F2O7. The first-order chi connectivity index (χ1) is 19.4. The second kappa shape index (κ2) is 8.89. The predicted molar refractivity (Wildman–Crippen MR) is 149 cm³/mol. The Morgan fingerprint density at radius 2 is 1.71 bits per heavy atom. The van der Waals surface area contributed by atoms with Crippen molar-refractivity contribution in [1.29, 1.82) is 0 Å². The number of hydrogen-bond acceptors (Lipinski definition) is 6. The Morgan fingerprint density at radius 3 is 2.33 bits per heavy atom. The zero-order valence-electron chi connectivity index (χ0n) is 25.4. The summed E-state index contributed by atoms with van der Waals surface area (Å²) in [4.78, 5) is 39.0. The standard InChI is InChI=1S/C33H44F2O7/c1-17-13-20-21-15-23(34)22-14-19(36)9-12-30(22,5)32(21,35)24(37)16-31(20,6)33(17,26(38)39)42-27(40)41-25-28(2,3)10-7-18-8-11-29(18,25)4/h9,12,14,17-18,20-21,23-25,37H,7-8,10-11,13,15-16H2,1-6H3,(H,38,39)/t17-,18?,20+,21+,23+,24+,25+,29-,30+,31+,32+,33+/m1/s1. The Balaban J connectivity index is 1.36. The number of carboxylic acid groups (broad SMARTS) is 1. The minimum absolute atomic E-state index is 0.00432. The lowest BCUT2D eigenvalue weighted by atomic mass is 9.44. The summed E-state index contributed by atoms with van der Waals surface area (Å²) in [6, 6.07) is 0. The lowest BCUT2D eigenvalue weighted by Crippen LogP contribution is -2.71. The van der Waals surface area contributed by atoms with Crippen molar-refractivity contribution in [1.82, 2.24) is 0 Å². The van der Waals surface area contributed by atoms with Crippen LogP contribution in [0.1, 0.15) is 86.5 Å². The SMILES string of the molecule is C[C@@H]1C[C@H]2[C@@H]3C[C@H](F)C4=CC(=O)C=C[C@]4(C)[C@@]3(F)[C@@H](O)C[C@]2(C)[C@@]1(OC(=O)O[C@H]1C(C)(C)CCC2CC[C@]21C)C(=O)O. The van der Waals surface area contributed by atoms with E-state index in [2.05, 4.69) is 20.8 Å². The van der Waals surface area contributed by atoms with Crippen molar-refractivity contribution in [2.75, 3.05) is 0 Å². The van der Waals surface area contributed by atoms with Crippen molar-refractivity contribution in [3.05, 3.63) is 23.8 Å². The summed E-state index contributed by atoms with van der Waals surface area (Å²) in [5, 5.41) is 22.4. The maximum absolute atomic E-state index is 17.5. The number of ether oxygens (including phenoxy) is 2. The van der Waals surface area contributed by atoms with E-state index in [-0.39, 0.29) is 35.7 Å². The molecule has 42 heavy (non-hydrogen) atoms. The third kappa shape index (κ3) is 3.43. The van der Waals surface area contributed by atoms with Gasteiger partial charge < -0.3 is 19.7 Å². The third-order valence-corrected chi connectivity index (χ3v) is 13.4. The average molecular weight is 591 g/mol. The summed E-state index contributed by atoms with van der Waals surface area (Å²) in [6.45, 7) is 11.0. The van der Waals surface area contributed by atoms with Crippen LogP contribution in [0, 0.1) is 45.3 Å². The minimum Gasteiger partial charge on any atom is -0.478 e. The molecular weight excluding hydrogens is 546 g/mol. The molecule has 6 aliphatic rings. The van der Waals surface area contributed by atoms with E-state index in [9.17, 15) is 24.6 Å². The number of carboxylic acids is 1. The van der Waals surface area contributed by atoms with Crippen molar-refractivity contribution in [3.8, 4) is 0 Å². The molecule has 0 aromatic carbocycles. The van der Waals surface area contributed by atoms with Crippen LogP contribution in [0.3, 0.4) is 0 Å². The van der Waals surface area contributed by atoms with Gasteiger partial charge in [-0.15, -0.1) is 0 Å². The van der Waals surface area contributed by atoms with E-state index in [1.165, 1.54) is 19.1 Å². The molecule has 0 radical (unpaired) electrons. The normalized spacial score (nSPS) is 52.1. The topological polar surface area (TPSA) is 110 Å². The molecule has 0 spiro atoms. The summed E-state index contributed by atoms with van der Waals surface area (Å²) in [7, 11) is 0. The molecule has 0 saturated heterocycles. The van der Waals surface area contributed by atoms with E-state index in [0.717, 1.165) is 31.8 Å². The quantitative estimate of drug-likeness (QED) is 0.381.